The standard InChI is InChI=1S/C16H19NO4/c1-20-16(19)12-6-7-14-13(8-12)17-15(21-14)11-4-2-10(9-18)3-5-11/h6-8,10-11,18H,2-5,9H2,1H3. The van der Waals surface area contributed by atoms with Gasteiger partial charge in [0.1, 0.15) is 5.52 Å². The summed E-state index contributed by atoms with van der Waals surface area (Å²) in [6.45, 7) is 0.267. The molecule has 1 aliphatic rings. The smallest absolute Gasteiger partial charge is 0.337 e. The summed E-state index contributed by atoms with van der Waals surface area (Å²) in [6.07, 6.45) is 3.99. The first-order valence-corrected chi connectivity index (χ1v) is 7.31. The summed E-state index contributed by atoms with van der Waals surface area (Å²) in [7, 11) is 1.36. The van der Waals surface area contributed by atoms with E-state index < -0.39 is 0 Å². The number of aromatic nitrogens is 1. The van der Waals surface area contributed by atoms with Crippen molar-refractivity contribution in [3.8, 4) is 0 Å². The Bertz CT molecular complexity index is 641. The van der Waals surface area contributed by atoms with Gasteiger partial charge in [0.25, 0.3) is 0 Å². The quantitative estimate of drug-likeness (QED) is 0.880. The highest BCUT2D eigenvalue weighted by Gasteiger charge is 2.25. The SMILES string of the molecule is COC(=O)c1ccc2oc(C3CCC(CO)CC3)nc2c1. The molecule has 1 saturated carbocycles. The first kappa shape index (κ1) is 14.1. The van der Waals surface area contributed by atoms with Crippen LogP contribution in [0.4, 0.5) is 0 Å². The number of rotatable bonds is 3. The first-order valence-electron chi connectivity index (χ1n) is 7.31. The van der Waals surface area contributed by atoms with Crippen LogP contribution >= 0.6 is 0 Å². The Morgan fingerprint density at radius 1 is 1.38 bits per heavy atom. The molecule has 0 saturated heterocycles. The van der Waals surface area contributed by atoms with Crippen LogP contribution in [0.15, 0.2) is 22.6 Å². The molecule has 5 nitrogen and oxygen atoms in total. The van der Waals surface area contributed by atoms with Gasteiger partial charge in [-0.1, -0.05) is 0 Å². The molecule has 1 fully saturated rings. The lowest BCUT2D eigenvalue weighted by atomic mass is 9.82. The Kier molecular flexibility index (Phi) is 3.92. The second-order valence-corrected chi connectivity index (χ2v) is 5.63. The van der Waals surface area contributed by atoms with Crippen LogP contribution in [0.25, 0.3) is 11.1 Å². The Morgan fingerprint density at radius 3 is 2.81 bits per heavy atom. The van der Waals surface area contributed by atoms with E-state index in [2.05, 4.69) is 4.98 Å². The molecule has 3 rings (SSSR count). The number of hydrogen-bond acceptors (Lipinski definition) is 5. The molecule has 21 heavy (non-hydrogen) atoms. The van der Waals surface area contributed by atoms with E-state index in [1.54, 1.807) is 18.2 Å². The fraction of sp³-hybridized carbons (Fsp3) is 0.500. The van der Waals surface area contributed by atoms with Gasteiger partial charge in [-0.15, -0.1) is 0 Å². The van der Waals surface area contributed by atoms with Gasteiger partial charge in [-0.25, -0.2) is 9.78 Å². The van der Waals surface area contributed by atoms with Gasteiger partial charge in [0.2, 0.25) is 0 Å². The number of fused-ring (bicyclic) bond motifs is 1. The number of benzene rings is 1. The molecule has 0 amide bonds. The summed E-state index contributed by atoms with van der Waals surface area (Å²) in [6, 6.07) is 5.15. The zero-order valence-corrected chi connectivity index (χ0v) is 12.0. The van der Waals surface area contributed by atoms with Crippen molar-refractivity contribution in [2.24, 2.45) is 5.92 Å². The number of aliphatic hydroxyl groups excluding tert-OH is 1. The maximum atomic E-state index is 11.5. The molecular formula is C16H19NO4. The van der Waals surface area contributed by atoms with Gasteiger partial charge < -0.3 is 14.3 Å². The second-order valence-electron chi connectivity index (χ2n) is 5.63. The van der Waals surface area contributed by atoms with Gasteiger partial charge in [0, 0.05) is 12.5 Å². The molecule has 112 valence electrons. The Labute approximate surface area is 122 Å². The summed E-state index contributed by atoms with van der Waals surface area (Å²) in [4.78, 5) is 16.1. The number of carbonyl (C=O) groups excluding carboxylic acids is 1. The van der Waals surface area contributed by atoms with Gasteiger partial charge >= 0.3 is 5.97 Å². The summed E-state index contributed by atoms with van der Waals surface area (Å²) < 4.78 is 10.5. The Balaban J connectivity index is 1.83. The molecule has 0 radical (unpaired) electrons. The highest BCUT2D eigenvalue weighted by Crippen LogP contribution is 2.36. The molecule has 1 aromatic carbocycles. The number of methoxy groups -OCH3 is 1. The van der Waals surface area contributed by atoms with Crippen molar-refractivity contribution in [1.82, 2.24) is 4.98 Å². The third-order valence-corrected chi connectivity index (χ3v) is 4.28. The molecule has 0 unspecified atom stereocenters. The minimum absolute atomic E-state index is 0.267. The maximum Gasteiger partial charge on any atom is 0.337 e. The van der Waals surface area contributed by atoms with Crippen LogP contribution in [0.2, 0.25) is 0 Å². The van der Waals surface area contributed by atoms with Crippen molar-refractivity contribution < 1.29 is 19.1 Å². The van der Waals surface area contributed by atoms with E-state index in [0.717, 1.165) is 31.6 Å². The lowest BCUT2D eigenvalue weighted by Gasteiger charge is -2.24. The predicted octanol–water partition coefficient (Wildman–Crippen LogP) is 2.88. The molecule has 0 bridgehead atoms. The van der Waals surface area contributed by atoms with E-state index in [1.165, 1.54) is 7.11 Å². The van der Waals surface area contributed by atoms with Crippen molar-refractivity contribution >= 4 is 17.1 Å². The third kappa shape index (κ3) is 2.78. The van der Waals surface area contributed by atoms with Crippen LogP contribution in [0, 0.1) is 5.92 Å². The number of oxazole rings is 1. The summed E-state index contributed by atoms with van der Waals surface area (Å²) in [5.41, 5.74) is 1.87. The summed E-state index contributed by atoms with van der Waals surface area (Å²) in [5, 5.41) is 9.19. The van der Waals surface area contributed by atoms with Gasteiger partial charge in [0.05, 0.1) is 12.7 Å². The number of esters is 1. The van der Waals surface area contributed by atoms with E-state index in [0.29, 0.717) is 28.5 Å². The van der Waals surface area contributed by atoms with Crippen LogP contribution in [-0.4, -0.2) is 29.8 Å². The molecule has 1 N–H and O–H groups in total. The monoisotopic (exact) mass is 289 g/mol. The van der Waals surface area contributed by atoms with Gasteiger partial charge in [-0.05, 0) is 49.8 Å². The Hall–Kier alpha value is -1.88. The van der Waals surface area contributed by atoms with Crippen LogP contribution < -0.4 is 0 Å². The average Bonchev–Trinajstić information content (AvgIpc) is 2.97. The molecular weight excluding hydrogens is 270 g/mol. The van der Waals surface area contributed by atoms with Crippen molar-refractivity contribution in [3.63, 3.8) is 0 Å². The number of nitrogens with zero attached hydrogens (tertiary/aromatic N) is 1. The number of hydrogen-bond donors (Lipinski definition) is 1. The zero-order valence-electron chi connectivity index (χ0n) is 12.0. The lowest BCUT2D eigenvalue weighted by molar-refractivity contribution is 0.0601. The topological polar surface area (TPSA) is 72.6 Å². The van der Waals surface area contributed by atoms with E-state index in [4.69, 9.17) is 9.15 Å². The second kappa shape index (κ2) is 5.85. The normalized spacial score (nSPS) is 22.4. The largest absolute Gasteiger partial charge is 0.465 e. The van der Waals surface area contributed by atoms with Crippen molar-refractivity contribution in [3.05, 3.63) is 29.7 Å². The molecule has 1 aliphatic carbocycles. The minimum Gasteiger partial charge on any atom is -0.465 e. The highest BCUT2D eigenvalue weighted by atomic mass is 16.5. The van der Waals surface area contributed by atoms with Crippen LogP contribution in [0.5, 0.6) is 0 Å². The molecule has 2 aromatic rings. The molecule has 1 aromatic heterocycles. The summed E-state index contributed by atoms with van der Waals surface area (Å²) >= 11 is 0. The molecule has 1 heterocycles. The fourth-order valence-electron chi connectivity index (χ4n) is 2.96. The number of ether oxygens (including phenoxy) is 1. The van der Waals surface area contributed by atoms with E-state index in [9.17, 15) is 9.90 Å². The lowest BCUT2D eigenvalue weighted by Crippen LogP contribution is -2.16. The van der Waals surface area contributed by atoms with Gasteiger partial charge in [-0.3, -0.25) is 0 Å². The van der Waals surface area contributed by atoms with E-state index in [-0.39, 0.29) is 12.6 Å². The zero-order chi connectivity index (χ0) is 14.8. The third-order valence-electron chi connectivity index (χ3n) is 4.28. The van der Waals surface area contributed by atoms with Crippen molar-refractivity contribution in [2.75, 3.05) is 13.7 Å². The van der Waals surface area contributed by atoms with Gasteiger partial charge in [0.15, 0.2) is 11.5 Å². The van der Waals surface area contributed by atoms with Crippen LogP contribution in [0.1, 0.15) is 47.8 Å². The predicted molar refractivity (Wildman–Crippen MR) is 77.1 cm³/mol. The summed E-state index contributed by atoms with van der Waals surface area (Å²) in [5.74, 6) is 1.09. The fourth-order valence-corrected chi connectivity index (χ4v) is 2.96. The highest BCUT2D eigenvalue weighted by molar-refractivity contribution is 5.93. The van der Waals surface area contributed by atoms with Crippen LogP contribution in [-0.2, 0) is 4.74 Å². The molecule has 5 heteroatoms. The van der Waals surface area contributed by atoms with Crippen LogP contribution in [0.3, 0.4) is 0 Å². The van der Waals surface area contributed by atoms with E-state index in [1.807, 2.05) is 0 Å². The van der Waals surface area contributed by atoms with Gasteiger partial charge in [-0.2, -0.15) is 0 Å². The first-order chi connectivity index (χ1) is 10.2. The average molecular weight is 289 g/mol. The van der Waals surface area contributed by atoms with Crippen molar-refractivity contribution in [1.29, 1.82) is 0 Å². The Morgan fingerprint density at radius 2 is 2.14 bits per heavy atom. The molecule has 0 aliphatic heterocycles. The molecule has 0 atom stereocenters. The molecule has 0 spiro atoms. The maximum absolute atomic E-state index is 11.5. The van der Waals surface area contributed by atoms with Crippen molar-refractivity contribution in [2.45, 2.75) is 31.6 Å². The number of aliphatic hydroxyl groups is 1. The van der Waals surface area contributed by atoms with E-state index >= 15 is 0 Å². The number of carbonyl (C=O) groups is 1. The minimum atomic E-state index is -0.370.